The van der Waals surface area contributed by atoms with Gasteiger partial charge in [-0.25, -0.2) is 21.2 Å². The van der Waals surface area contributed by atoms with Gasteiger partial charge < -0.3 is 14.5 Å². The van der Waals surface area contributed by atoms with Gasteiger partial charge in [0.2, 0.25) is 0 Å². The van der Waals surface area contributed by atoms with Crippen molar-refractivity contribution in [2.75, 3.05) is 50.2 Å². The Morgan fingerprint density at radius 1 is 0.914 bits per heavy atom. The normalized spacial score (nSPS) is 15.3. The maximum Gasteiger partial charge on any atom is 0.422 e. The van der Waals surface area contributed by atoms with Gasteiger partial charge in [-0.1, -0.05) is 0 Å². The molecule has 14 heteroatoms. The number of amides is 1. The Morgan fingerprint density at radius 3 is 1.97 bits per heavy atom. The van der Waals surface area contributed by atoms with Crippen molar-refractivity contribution in [3.8, 4) is 5.75 Å². The second kappa shape index (κ2) is 9.64. The summed E-state index contributed by atoms with van der Waals surface area (Å²) in [6.07, 6.45) is -2.81. The Hall–Kier alpha value is -2.87. The highest BCUT2D eigenvalue weighted by atomic mass is 32.2. The van der Waals surface area contributed by atoms with E-state index in [1.807, 2.05) is 0 Å². The van der Waals surface area contributed by atoms with Crippen LogP contribution in [-0.4, -0.2) is 79.1 Å². The summed E-state index contributed by atoms with van der Waals surface area (Å²) < 4.78 is 104. The van der Waals surface area contributed by atoms with Crippen molar-refractivity contribution in [3.05, 3.63) is 47.8 Å². The van der Waals surface area contributed by atoms with E-state index < -0.39 is 49.9 Å². The van der Waals surface area contributed by atoms with Crippen LogP contribution in [-0.2, 0) is 19.7 Å². The Morgan fingerprint density at radius 2 is 1.46 bits per heavy atom. The quantitative estimate of drug-likeness (QED) is 0.521. The molecule has 1 aliphatic heterocycles. The number of anilines is 1. The van der Waals surface area contributed by atoms with Crippen molar-refractivity contribution in [2.45, 2.75) is 16.0 Å². The number of hydrogen-bond donors (Lipinski definition) is 0. The lowest BCUT2D eigenvalue weighted by Gasteiger charge is -2.36. The number of benzene rings is 2. The molecule has 1 heterocycles. The lowest BCUT2D eigenvalue weighted by molar-refractivity contribution is -0.153. The van der Waals surface area contributed by atoms with E-state index in [9.17, 15) is 39.2 Å². The van der Waals surface area contributed by atoms with Crippen molar-refractivity contribution in [2.24, 2.45) is 0 Å². The summed E-state index contributed by atoms with van der Waals surface area (Å²) in [6.45, 7) is -1.28. The molecule has 0 atom stereocenters. The molecule has 1 saturated heterocycles. The molecule has 1 amide bonds. The Labute approximate surface area is 199 Å². The van der Waals surface area contributed by atoms with Crippen LogP contribution in [0.4, 0.5) is 23.2 Å². The standard InChI is InChI=1S/C21H22F4N2O6S2/c1-34(29,30)14-4-6-19(33-13-21(23,24)25)16(11-14)20(28)27-9-7-26(8-10-27)18-5-3-15(12-17(18)22)35(2,31)32/h3-6,11-12H,7-10,13H2,1-2H3. The minimum atomic E-state index is -4.67. The SMILES string of the molecule is CS(=O)(=O)c1ccc(N2CCN(C(=O)c3cc(S(C)(=O)=O)ccc3OCC(F)(F)F)CC2)c(F)c1. The van der Waals surface area contributed by atoms with Crippen LogP contribution in [0.25, 0.3) is 0 Å². The van der Waals surface area contributed by atoms with E-state index in [0.29, 0.717) is 0 Å². The highest BCUT2D eigenvalue weighted by Gasteiger charge is 2.31. The van der Waals surface area contributed by atoms with Crippen molar-refractivity contribution >= 4 is 31.3 Å². The number of ether oxygens (including phenoxy) is 1. The van der Waals surface area contributed by atoms with Gasteiger partial charge in [0.05, 0.1) is 21.0 Å². The van der Waals surface area contributed by atoms with Gasteiger partial charge in [0.25, 0.3) is 5.91 Å². The smallest absolute Gasteiger partial charge is 0.422 e. The molecule has 0 N–H and O–H groups in total. The third-order valence-corrected chi connectivity index (χ3v) is 7.48. The number of nitrogens with zero attached hydrogens (tertiary/aromatic N) is 2. The van der Waals surface area contributed by atoms with Crippen LogP contribution in [0.2, 0.25) is 0 Å². The monoisotopic (exact) mass is 538 g/mol. The van der Waals surface area contributed by atoms with E-state index >= 15 is 0 Å². The van der Waals surface area contributed by atoms with Gasteiger partial charge in [0, 0.05) is 38.7 Å². The molecule has 0 spiro atoms. The third-order valence-electron chi connectivity index (χ3n) is 5.26. The van der Waals surface area contributed by atoms with Crippen LogP contribution in [0, 0.1) is 5.82 Å². The van der Waals surface area contributed by atoms with Crippen molar-refractivity contribution < 1.29 is 43.9 Å². The van der Waals surface area contributed by atoms with Gasteiger partial charge in [0.15, 0.2) is 26.3 Å². The molecule has 0 bridgehead atoms. The van der Waals surface area contributed by atoms with E-state index in [-0.39, 0.29) is 47.2 Å². The van der Waals surface area contributed by atoms with Crippen LogP contribution >= 0.6 is 0 Å². The highest BCUT2D eigenvalue weighted by molar-refractivity contribution is 7.91. The molecular formula is C21H22F4N2O6S2. The summed E-state index contributed by atoms with van der Waals surface area (Å²) >= 11 is 0. The first-order valence-corrected chi connectivity index (χ1v) is 13.9. The number of halogens is 4. The first-order chi connectivity index (χ1) is 16.1. The molecule has 0 aliphatic carbocycles. The van der Waals surface area contributed by atoms with E-state index in [1.165, 1.54) is 17.0 Å². The number of alkyl halides is 3. The molecule has 2 aromatic carbocycles. The first kappa shape index (κ1) is 26.7. The fourth-order valence-corrected chi connectivity index (χ4v) is 4.77. The van der Waals surface area contributed by atoms with Crippen molar-refractivity contribution in [1.29, 1.82) is 0 Å². The molecule has 2 aromatic rings. The summed E-state index contributed by atoms with van der Waals surface area (Å²) in [4.78, 5) is 15.6. The molecule has 0 unspecified atom stereocenters. The third kappa shape index (κ3) is 6.63. The zero-order valence-electron chi connectivity index (χ0n) is 18.7. The van der Waals surface area contributed by atoms with Gasteiger partial charge in [0.1, 0.15) is 11.6 Å². The van der Waals surface area contributed by atoms with Gasteiger partial charge in [-0.3, -0.25) is 4.79 Å². The average Bonchev–Trinajstić information content (AvgIpc) is 2.75. The van der Waals surface area contributed by atoms with Crippen LogP contribution in [0.1, 0.15) is 10.4 Å². The molecule has 0 saturated carbocycles. The minimum Gasteiger partial charge on any atom is -0.483 e. The van der Waals surface area contributed by atoms with Crippen molar-refractivity contribution in [1.82, 2.24) is 4.90 Å². The highest BCUT2D eigenvalue weighted by Crippen LogP contribution is 2.28. The number of carbonyl (C=O) groups is 1. The molecule has 192 valence electrons. The van der Waals surface area contributed by atoms with E-state index in [0.717, 1.165) is 36.8 Å². The zero-order chi connectivity index (χ0) is 26.2. The topological polar surface area (TPSA) is 101 Å². The Bertz CT molecular complexity index is 1340. The van der Waals surface area contributed by atoms with Crippen LogP contribution in [0.5, 0.6) is 5.75 Å². The summed E-state index contributed by atoms with van der Waals surface area (Å²) in [7, 11) is -7.35. The van der Waals surface area contributed by atoms with Crippen LogP contribution in [0.15, 0.2) is 46.2 Å². The maximum absolute atomic E-state index is 14.5. The largest absolute Gasteiger partial charge is 0.483 e. The molecule has 8 nitrogen and oxygen atoms in total. The van der Waals surface area contributed by atoms with Gasteiger partial charge >= 0.3 is 6.18 Å². The summed E-state index contributed by atoms with van der Waals surface area (Å²) in [5.41, 5.74) is -0.202. The van der Waals surface area contributed by atoms with E-state index in [4.69, 9.17) is 4.74 Å². The Balaban J connectivity index is 1.81. The summed E-state index contributed by atoms with van der Waals surface area (Å²) in [5.74, 6) is -1.90. The molecule has 1 fully saturated rings. The maximum atomic E-state index is 14.5. The van der Waals surface area contributed by atoms with E-state index in [2.05, 4.69) is 0 Å². The van der Waals surface area contributed by atoms with Gasteiger partial charge in [-0.15, -0.1) is 0 Å². The van der Waals surface area contributed by atoms with E-state index in [1.54, 1.807) is 4.90 Å². The number of hydrogen-bond acceptors (Lipinski definition) is 7. The molecule has 0 aromatic heterocycles. The number of piperazine rings is 1. The van der Waals surface area contributed by atoms with Gasteiger partial charge in [-0.2, -0.15) is 13.2 Å². The fraction of sp³-hybridized carbons (Fsp3) is 0.381. The number of carbonyl (C=O) groups excluding carboxylic acids is 1. The molecule has 1 aliphatic rings. The summed E-state index contributed by atoms with van der Waals surface area (Å²) in [6, 6.07) is 6.53. The predicted octanol–water partition coefficient (Wildman–Crippen LogP) is 2.54. The first-order valence-electron chi connectivity index (χ1n) is 10.1. The second-order valence-corrected chi connectivity index (χ2v) is 12.0. The predicted molar refractivity (Wildman–Crippen MR) is 119 cm³/mol. The minimum absolute atomic E-state index is 0.0495. The lowest BCUT2D eigenvalue weighted by Crippen LogP contribution is -2.49. The van der Waals surface area contributed by atoms with Gasteiger partial charge in [-0.05, 0) is 36.4 Å². The number of sulfone groups is 2. The number of rotatable bonds is 6. The molecular weight excluding hydrogens is 516 g/mol. The Kier molecular flexibility index (Phi) is 7.37. The molecule has 35 heavy (non-hydrogen) atoms. The molecule has 3 rings (SSSR count). The van der Waals surface area contributed by atoms with Crippen LogP contribution < -0.4 is 9.64 Å². The lowest BCUT2D eigenvalue weighted by atomic mass is 10.1. The second-order valence-electron chi connectivity index (χ2n) is 8.00. The molecule has 0 radical (unpaired) electrons. The summed E-state index contributed by atoms with van der Waals surface area (Å²) in [5, 5.41) is 0. The van der Waals surface area contributed by atoms with Crippen molar-refractivity contribution in [3.63, 3.8) is 0 Å². The fourth-order valence-electron chi connectivity index (χ4n) is 3.49. The average molecular weight is 539 g/mol. The zero-order valence-corrected chi connectivity index (χ0v) is 20.3. The van der Waals surface area contributed by atoms with Crippen LogP contribution in [0.3, 0.4) is 0 Å².